The van der Waals surface area contributed by atoms with Gasteiger partial charge in [0.25, 0.3) is 0 Å². The second kappa shape index (κ2) is 12.2. The fraction of sp³-hybridized carbons (Fsp3) is 0.556. The average Bonchev–Trinajstić information content (AvgIpc) is 3.33. The Morgan fingerprint density at radius 3 is 2.42 bits per heavy atom. The fourth-order valence-corrected chi connectivity index (χ4v) is 9.12. The van der Waals surface area contributed by atoms with Crippen LogP contribution in [0.3, 0.4) is 0 Å². The SMILES string of the molecule is CCOC(CCS(=O)(=O)CCN1CCC(O)C1)C1COc2c(F)ccc(F)c2C1(C)S(=O)(=O)c1ccc(Cl)cc1. The molecule has 222 valence electrons. The van der Waals surface area contributed by atoms with E-state index < -0.39 is 65.5 Å². The molecule has 1 N–H and O–H groups in total. The first kappa shape index (κ1) is 31.1. The zero-order valence-corrected chi connectivity index (χ0v) is 24.7. The number of hydrogen-bond acceptors (Lipinski definition) is 8. The van der Waals surface area contributed by atoms with Crippen LogP contribution in [0.25, 0.3) is 0 Å². The van der Waals surface area contributed by atoms with Gasteiger partial charge in [0.15, 0.2) is 31.2 Å². The van der Waals surface area contributed by atoms with Gasteiger partial charge in [0, 0.05) is 37.2 Å². The third-order valence-corrected chi connectivity index (χ3v) is 12.3. The fourth-order valence-electron chi connectivity index (χ4n) is 5.60. The highest BCUT2D eigenvalue weighted by atomic mass is 35.5. The Bertz CT molecular complexity index is 1420. The van der Waals surface area contributed by atoms with Crippen LogP contribution in [0.15, 0.2) is 41.3 Å². The molecule has 2 aliphatic rings. The first-order valence-electron chi connectivity index (χ1n) is 13.1. The van der Waals surface area contributed by atoms with Gasteiger partial charge in [-0.1, -0.05) is 11.6 Å². The van der Waals surface area contributed by atoms with Crippen molar-refractivity contribution in [3.05, 3.63) is 58.6 Å². The normalized spacial score (nSPS) is 24.4. The summed E-state index contributed by atoms with van der Waals surface area (Å²) in [6.07, 6.45) is -0.931. The minimum atomic E-state index is -4.43. The van der Waals surface area contributed by atoms with Gasteiger partial charge < -0.3 is 14.6 Å². The van der Waals surface area contributed by atoms with Crippen molar-refractivity contribution in [2.24, 2.45) is 5.92 Å². The van der Waals surface area contributed by atoms with Gasteiger partial charge in [0.05, 0.1) is 40.8 Å². The van der Waals surface area contributed by atoms with E-state index in [0.29, 0.717) is 24.5 Å². The summed E-state index contributed by atoms with van der Waals surface area (Å²) in [6, 6.07) is 7.09. The maximum atomic E-state index is 15.4. The summed E-state index contributed by atoms with van der Waals surface area (Å²) in [5.41, 5.74) is -0.459. The molecule has 4 unspecified atom stereocenters. The Morgan fingerprint density at radius 1 is 1.12 bits per heavy atom. The summed E-state index contributed by atoms with van der Waals surface area (Å²) in [4.78, 5) is 1.72. The second-order valence-electron chi connectivity index (χ2n) is 10.4. The monoisotopic (exact) mass is 621 g/mol. The summed E-state index contributed by atoms with van der Waals surface area (Å²) in [5, 5.41) is 10.00. The third-order valence-electron chi connectivity index (χ3n) is 7.86. The number of sulfone groups is 2. The molecule has 8 nitrogen and oxygen atoms in total. The molecule has 0 bridgehead atoms. The molecule has 1 fully saturated rings. The summed E-state index contributed by atoms with van der Waals surface area (Å²) < 4.78 is 94.1. The molecule has 0 aliphatic carbocycles. The standard InChI is InChI=1S/C27H34ClF2NO7S2/c1-3-37-24(11-14-39(33,34)15-13-31-12-10-19(32)16-31)21-17-38-26-23(30)9-8-22(29)25(26)27(21,2)40(35,36)20-6-4-18(28)5-7-20/h4-9,19,21,24,32H,3,10-17H2,1-2H3. The molecule has 2 aliphatic heterocycles. The zero-order chi connectivity index (χ0) is 29.3. The first-order chi connectivity index (χ1) is 18.8. The first-order valence-corrected chi connectivity index (χ1v) is 16.8. The lowest BCUT2D eigenvalue weighted by Crippen LogP contribution is -2.52. The van der Waals surface area contributed by atoms with Crippen LogP contribution in [-0.2, 0) is 29.2 Å². The lowest BCUT2D eigenvalue weighted by molar-refractivity contribution is -0.0212. The average molecular weight is 622 g/mol. The number of likely N-dealkylation sites (tertiary alicyclic amines) is 1. The molecule has 0 amide bonds. The second-order valence-corrected chi connectivity index (χ2v) is 15.5. The largest absolute Gasteiger partial charge is 0.490 e. The Labute approximate surface area is 239 Å². The Balaban J connectivity index is 1.70. The van der Waals surface area contributed by atoms with Crippen molar-refractivity contribution in [2.75, 3.05) is 44.4 Å². The van der Waals surface area contributed by atoms with E-state index in [0.717, 1.165) is 12.1 Å². The predicted molar refractivity (Wildman–Crippen MR) is 147 cm³/mol. The van der Waals surface area contributed by atoms with E-state index in [1.807, 2.05) is 4.90 Å². The molecule has 2 aromatic rings. The Morgan fingerprint density at radius 2 is 1.80 bits per heavy atom. The predicted octanol–water partition coefficient (Wildman–Crippen LogP) is 3.59. The van der Waals surface area contributed by atoms with Crippen LogP contribution in [0.5, 0.6) is 5.75 Å². The van der Waals surface area contributed by atoms with Gasteiger partial charge in [-0.15, -0.1) is 0 Å². The number of benzene rings is 2. The van der Waals surface area contributed by atoms with Crippen LogP contribution in [-0.4, -0.2) is 83.4 Å². The number of fused-ring (bicyclic) bond motifs is 1. The number of nitrogens with zero attached hydrogens (tertiary/aromatic N) is 1. The summed E-state index contributed by atoms with van der Waals surface area (Å²) in [5.74, 6) is -3.89. The van der Waals surface area contributed by atoms with Crippen LogP contribution < -0.4 is 4.74 Å². The third kappa shape index (κ3) is 6.17. The zero-order valence-electron chi connectivity index (χ0n) is 22.4. The highest BCUT2D eigenvalue weighted by Crippen LogP contribution is 2.52. The maximum absolute atomic E-state index is 15.4. The number of β-amino-alcohol motifs (C(OH)–C–C–N with tert-alkyl or cyclic N) is 1. The van der Waals surface area contributed by atoms with Crippen molar-refractivity contribution in [1.82, 2.24) is 4.90 Å². The molecule has 2 heterocycles. The number of hydrogen-bond donors (Lipinski definition) is 1. The molecule has 4 rings (SSSR count). The molecule has 0 aromatic heterocycles. The van der Waals surface area contributed by atoms with E-state index >= 15 is 4.39 Å². The summed E-state index contributed by atoms with van der Waals surface area (Å²) in [6.45, 7) is 4.08. The molecular weight excluding hydrogens is 588 g/mol. The smallest absolute Gasteiger partial charge is 0.188 e. The van der Waals surface area contributed by atoms with Gasteiger partial charge in [-0.05, 0) is 63.1 Å². The number of aliphatic hydroxyl groups is 1. The lowest BCUT2D eigenvalue weighted by atomic mass is 9.79. The van der Waals surface area contributed by atoms with Gasteiger partial charge in [-0.2, -0.15) is 0 Å². The molecule has 13 heteroatoms. The Hall–Kier alpha value is -1.83. The highest BCUT2D eigenvalue weighted by Gasteiger charge is 2.57. The van der Waals surface area contributed by atoms with Crippen LogP contribution >= 0.6 is 11.6 Å². The van der Waals surface area contributed by atoms with Crippen molar-refractivity contribution in [3.63, 3.8) is 0 Å². The molecule has 0 radical (unpaired) electrons. The molecular formula is C27H34ClF2NO7S2. The minimum absolute atomic E-state index is 0.0786. The molecule has 0 spiro atoms. The van der Waals surface area contributed by atoms with E-state index in [1.165, 1.54) is 31.2 Å². The van der Waals surface area contributed by atoms with E-state index in [-0.39, 0.29) is 42.6 Å². The highest BCUT2D eigenvalue weighted by molar-refractivity contribution is 7.92. The van der Waals surface area contributed by atoms with Gasteiger partial charge in [-0.25, -0.2) is 25.6 Å². The molecule has 4 atom stereocenters. The van der Waals surface area contributed by atoms with Gasteiger partial charge >= 0.3 is 0 Å². The Kier molecular flexibility index (Phi) is 9.48. The minimum Gasteiger partial charge on any atom is -0.490 e. The van der Waals surface area contributed by atoms with Crippen molar-refractivity contribution in [2.45, 2.75) is 48.5 Å². The van der Waals surface area contributed by atoms with Crippen LogP contribution in [0.1, 0.15) is 32.3 Å². The number of ether oxygens (including phenoxy) is 2. The van der Waals surface area contributed by atoms with Crippen molar-refractivity contribution in [3.8, 4) is 5.75 Å². The van der Waals surface area contributed by atoms with E-state index in [2.05, 4.69) is 0 Å². The summed E-state index contributed by atoms with van der Waals surface area (Å²) >= 11 is 5.97. The maximum Gasteiger partial charge on any atom is 0.188 e. The molecule has 40 heavy (non-hydrogen) atoms. The number of aliphatic hydroxyl groups excluding tert-OH is 1. The van der Waals surface area contributed by atoms with Gasteiger partial charge in [0.1, 0.15) is 10.6 Å². The van der Waals surface area contributed by atoms with Crippen molar-refractivity contribution >= 4 is 31.3 Å². The quantitative estimate of drug-likeness (QED) is 0.405. The molecule has 0 saturated carbocycles. The molecule has 2 aromatic carbocycles. The number of rotatable bonds is 11. The van der Waals surface area contributed by atoms with Crippen molar-refractivity contribution in [1.29, 1.82) is 0 Å². The van der Waals surface area contributed by atoms with E-state index in [9.17, 15) is 26.3 Å². The topological polar surface area (TPSA) is 110 Å². The molecule has 1 saturated heterocycles. The van der Waals surface area contributed by atoms with E-state index in [1.54, 1.807) is 6.92 Å². The van der Waals surface area contributed by atoms with Gasteiger partial charge in [0.2, 0.25) is 0 Å². The number of halogens is 3. The van der Waals surface area contributed by atoms with Crippen LogP contribution in [0.2, 0.25) is 5.02 Å². The van der Waals surface area contributed by atoms with Gasteiger partial charge in [-0.3, -0.25) is 4.90 Å². The summed E-state index contributed by atoms with van der Waals surface area (Å²) in [7, 11) is -8.01. The van der Waals surface area contributed by atoms with Crippen LogP contribution in [0, 0.1) is 17.6 Å². The van der Waals surface area contributed by atoms with Crippen LogP contribution in [0.4, 0.5) is 8.78 Å². The van der Waals surface area contributed by atoms with Crippen molar-refractivity contribution < 1.29 is 40.2 Å². The van der Waals surface area contributed by atoms with E-state index in [4.69, 9.17) is 21.1 Å². The lowest BCUT2D eigenvalue weighted by Gasteiger charge is -2.45.